The fourth-order valence-electron chi connectivity index (χ4n) is 4.66. The highest BCUT2D eigenvalue weighted by molar-refractivity contribution is 8.18. The number of hydrogen-bond acceptors (Lipinski definition) is 5. The van der Waals surface area contributed by atoms with Gasteiger partial charge in [-0.25, -0.2) is 4.99 Å². The number of aliphatic imine (C=N–C) groups is 1. The standard InChI is InChI=1S/C29H33N5OS/c1-4-33-28(35)27(21-26-9-8-20-34(26)25-16-14-23(15-17-25)31(2)3)36-29(33)30-22-10-12-24(13-11-22)32-18-6-5-7-19-32/h8-17,20-21H,4-7,18-19H2,1-3H3/b27-21-,30-29?. The minimum absolute atomic E-state index is 0.00175. The van der Waals surface area contributed by atoms with Gasteiger partial charge < -0.3 is 14.4 Å². The third kappa shape index (κ3) is 5.07. The molecule has 5 rings (SSSR count). The van der Waals surface area contributed by atoms with Gasteiger partial charge in [-0.15, -0.1) is 0 Å². The molecule has 186 valence electrons. The summed E-state index contributed by atoms with van der Waals surface area (Å²) in [5, 5.41) is 0.730. The molecule has 1 aromatic heterocycles. The van der Waals surface area contributed by atoms with Crippen LogP contribution in [0.4, 0.5) is 17.1 Å². The van der Waals surface area contributed by atoms with Gasteiger partial charge in [0.15, 0.2) is 5.17 Å². The van der Waals surface area contributed by atoms with E-state index in [9.17, 15) is 4.79 Å². The van der Waals surface area contributed by atoms with Gasteiger partial charge in [0.1, 0.15) is 0 Å². The molecular formula is C29H33N5OS. The number of benzene rings is 2. The SMILES string of the molecule is CCN1C(=O)/C(=C/c2cccn2-c2ccc(N(C)C)cc2)SC1=Nc1ccc(N2CCCCC2)cc1. The average molecular weight is 500 g/mol. The van der Waals surface area contributed by atoms with Crippen LogP contribution >= 0.6 is 11.8 Å². The summed E-state index contributed by atoms with van der Waals surface area (Å²) in [6.07, 6.45) is 7.83. The van der Waals surface area contributed by atoms with Gasteiger partial charge in [0, 0.05) is 62.7 Å². The lowest BCUT2D eigenvalue weighted by Gasteiger charge is -2.28. The van der Waals surface area contributed by atoms with Crippen LogP contribution < -0.4 is 9.80 Å². The molecule has 0 N–H and O–H groups in total. The van der Waals surface area contributed by atoms with E-state index in [0.29, 0.717) is 11.4 Å². The Kier molecular flexibility index (Phi) is 7.18. The normalized spacial score (nSPS) is 18.5. The summed E-state index contributed by atoms with van der Waals surface area (Å²) >= 11 is 1.44. The Morgan fingerprint density at radius 1 is 0.944 bits per heavy atom. The van der Waals surface area contributed by atoms with Gasteiger partial charge in [0.2, 0.25) is 0 Å². The zero-order valence-corrected chi connectivity index (χ0v) is 22.0. The molecule has 2 fully saturated rings. The molecule has 0 bridgehead atoms. The summed E-state index contributed by atoms with van der Waals surface area (Å²) in [4.78, 5) is 25.0. The maximum absolute atomic E-state index is 13.2. The molecule has 6 nitrogen and oxygen atoms in total. The summed E-state index contributed by atoms with van der Waals surface area (Å²) in [6, 6.07) is 20.8. The smallest absolute Gasteiger partial charge is 0.266 e. The van der Waals surface area contributed by atoms with Crippen molar-refractivity contribution in [1.29, 1.82) is 0 Å². The van der Waals surface area contributed by atoms with Gasteiger partial charge in [-0.3, -0.25) is 9.69 Å². The first kappa shape index (κ1) is 24.3. The lowest BCUT2D eigenvalue weighted by atomic mass is 10.1. The summed E-state index contributed by atoms with van der Waals surface area (Å²) in [6.45, 7) is 4.82. The van der Waals surface area contributed by atoms with Crippen LogP contribution in [0.3, 0.4) is 0 Å². The van der Waals surface area contributed by atoms with Crippen LogP contribution in [0.15, 0.2) is 76.8 Å². The predicted octanol–water partition coefficient (Wildman–Crippen LogP) is 6.16. The third-order valence-electron chi connectivity index (χ3n) is 6.70. The maximum atomic E-state index is 13.2. The Labute approximate surface area is 217 Å². The van der Waals surface area contributed by atoms with Crippen LogP contribution in [-0.4, -0.2) is 54.3 Å². The Morgan fingerprint density at radius 3 is 2.31 bits per heavy atom. The van der Waals surface area contributed by atoms with Gasteiger partial charge in [-0.2, -0.15) is 0 Å². The van der Waals surface area contributed by atoms with Crippen molar-refractivity contribution >= 4 is 46.0 Å². The van der Waals surface area contributed by atoms with Crippen molar-refractivity contribution in [2.24, 2.45) is 4.99 Å². The molecule has 2 aliphatic heterocycles. The maximum Gasteiger partial charge on any atom is 0.266 e. The van der Waals surface area contributed by atoms with Crippen LogP contribution in [0.2, 0.25) is 0 Å². The van der Waals surface area contributed by atoms with Crippen molar-refractivity contribution in [2.75, 3.05) is 43.5 Å². The molecule has 1 amide bonds. The lowest BCUT2D eigenvalue weighted by Crippen LogP contribution is -2.29. The van der Waals surface area contributed by atoms with Crippen molar-refractivity contribution in [3.8, 4) is 5.69 Å². The Morgan fingerprint density at radius 2 is 1.64 bits per heavy atom. The quantitative estimate of drug-likeness (QED) is 0.381. The first-order valence-corrected chi connectivity index (χ1v) is 13.5. The van der Waals surface area contributed by atoms with Crippen LogP contribution in [-0.2, 0) is 4.79 Å². The van der Waals surface area contributed by atoms with Crippen molar-refractivity contribution in [3.63, 3.8) is 0 Å². The van der Waals surface area contributed by atoms with Crippen LogP contribution in [0, 0.1) is 0 Å². The fraction of sp³-hybridized carbons (Fsp3) is 0.310. The second-order valence-electron chi connectivity index (χ2n) is 9.33. The molecule has 0 spiro atoms. The molecule has 2 aliphatic rings. The number of thioether (sulfide) groups is 1. The second kappa shape index (κ2) is 10.7. The van der Waals surface area contributed by atoms with E-state index in [2.05, 4.69) is 62.9 Å². The number of nitrogens with zero attached hydrogens (tertiary/aromatic N) is 5. The van der Waals surface area contributed by atoms with Gasteiger partial charge in [-0.1, -0.05) is 0 Å². The molecule has 0 aliphatic carbocycles. The Bertz CT molecular complexity index is 1270. The molecule has 3 heterocycles. The molecule has 0 unspecified atom stereocenters. The van der Waals surface area contributed by atoms with E-state index < -0.39 is 0 Å². The van der Waals surface area contributed by atoms with Crippen molar-refractivity contribution in [1.82, 2.24) is 9.47 Å². The lowest BCUT2D eigenvalue weighted by molar-refractivity contribution is -0.122. The van der Waals surface area contributed by atoms with E-state index in [1.54, 1.807) is 4.90 Å². The number of rotatable bonds is 6. The minimum Gasteiger partial charge on any atom is -0.378 e. The molecular weight excluding hydrogens is 466 g/mol. The van der Waals surface area contributed by atoms with E-state index in [-0.39, 0.29) is 5.91 Å². The highest BCUT2D eigenvalue weighted by Crippen LogP contribution is 2.35. The molecule has 7 heteroatoms. The number of carbonyl (C=O) groups excluding carboxylic acids is 1. The second-order valence-corrected chi connectivity index (χ2v) is 10.3. The Balaban J connectivity index is 1.37. The molecule has 0 saturated carbocycles. The average Bonchev–Trinajstić information content (AvgIpc) is 3.49. The van der Waals surface area contributed by atoms with Gasteiger partial charge in [-0.05, 0) is 105 Å². The highest BCUT2D eigenvalue weighted by atomic mass is 32.2. The number of aromatic nitrogens is 1. The fourth-order valence-corrected chi connectivity index (χ4v) is 5.71. The molecule has 36 heavy (non-hydrogen) atoms. The summed E-state index contributed by atoms with van der Waals surface area (Å²) in [7, 11) is 4.07. The Hall–Kier alpha value is -3.45. The number of hydrogen-bond donors (Lipinski definition) is 0. The first-order chi connectivity index (χ1) is 17.5. The van der Waals surface area contributed by atoms with Crippen molar-refractivity contribution < 1.29 is 4.79 Å². The summed E-state index contributed by atoms with van der Waals surface area (Å²) < 4.78 is 2.10. The highest BCUT2D eigenvalue weighted by Gasteiger charge is 2.32. The number of carbonyl (C=O) groups is 1. The van der Waals surface area contributed by atoms with E-state index in [1.165, 1.54) is 36.7 Å². The largest absolute Gasteiger partial charge is 0.378 e. The third-order valence-corrected chi connectivity index (χ3v) is 7.71. The zero-order chi connectivity index (χ0) is 25.1. The monoisotopic (exact) mass is 499 g/mol. The van der Waals surface area contributed by atoms with Crippen LogP contribution in [0.1, 0.15) is 31.9 Å². The van der Waals surface area contributed by atoms with E-state index in [1.807, 2.05) is 45.4 Å². The number of amides is 1. The van der Waals surface area contributed by atoms with E-state index in [0.717, 1.165) is 41.0 Å². The topological polar surface area (TPSA) is 44.1 Å². The van der Waals surface area contributed by atoms with Crippen LogP contribution in [0.5, 0.6) is 0 Å². The van der Waals surface area contributed by atoms with Gasteiger partial charge in [0.25, 0.3) is 5.91 Å². The molecule has 2 aromatic carbocycles. The minimum atomic E-state index is 0.00175. The number of piperidine rings is 1. The van der Waals surface area contributed by atoms with Crippen LogP contribution in [0.25, 0.3) is 11.8 Å². The molecule has 0 radical (unpaired) electrons. The van der Waals surface area contributed by atoms with E-state index in [4.69, 9.17) is 4.99 Å². The molecule has 3 aromatic rings. The molecule has 0 atom stereocenters. The summed E-state index contributed by atoms with van der Waals surface area (Å²) in [5.41, 5.74) is 5.29. The number of anilines is 2. The van der Waals surface area contributed by atoms with Crippen molar-refractivity contribution in [2.45, 2.75) is 26.2 Å². The van der Waals surface area contributed by atoms with Crippen molar-refractivity contribution in [3.05, 3.63) is 77.5 Å². The van der Waals surface area contributed by atoms with E-state index >= 15 is 0 Å². The summed E-state index contributed by atoms with van der Waals surface area (Å²) in [5.74, 6) is 0.00175. The van der Waals surface area contributed by atoms with Gasteiger partial charge in [0.05, 0.1) is 10.6 Å². The van der Waals surface area contributed by atoms with Gasteiger partial charge >= 0.3 is 0 Å². The molecule has 2 saturated heterocycles. The number of likely N-dealkylation sites (N-methyl/N-ethyl adjacent to an activating group) is 1. The zero-order valence-electron chi connectivity index (χ0n) is 21.2. The predicted molar refractivity (Wildman–Crippen MR) is 153 cm³/mol. The first-order valence-electron chi connectivity index (χ1n) is 12.6. The number of amidine groups is 1.